The third-order valence-electron chi connectivity index (χ3n) is 7.83. The van der Waals surface area contributed by atoms with Crippen LogP contribution in [0.1, 0.15) is 74.6 Å². The zero-order chi connectivity index (χ0) is 27.9. The summed E-state index contributed by atoms with van der Waals surface area (Å²) in [5.41, 5.74) is 2.64. The molecule has 0 saturated carbocycles. The summed E-state index contributed by atoms with van der Waals surface area (Å²) in [7, 11) is 0. The molecule has 0 spiro atoms. The first-order valence-corrected chi connectivity index (χ1v) is 15.3. The van der Waals surface area contributed by atoms with Gasteiger partial charge in [0, 0.05) is 31.7 Å². The van der Waals surface area contributed by atoms with Crippen LogP contribution in [0.4, 0.5) is 5.82 Å². The van der Waals surface area contributed by atoms with Crippen molar-refractivity contribution in [1.82, 2.24) is 9.47 Å². The molecular weight excluding hydrogens is 525 g/mol. The van der Waals surface area contributed by atoms with Crippen LogP contribution in [0.3, 0.4) is 0 Å². The molecule has 1 aromatic heterocycles. The predicted octanol–water partition coefficient (Wildman–Crippen LogP) is 6.29. The Morgan fingerprint density at radius 2 is 1.82 bits per heavy atom. The van der Waals surface area contributed by atoms with Gasteiger partial charge in [-0.05, 0) is 62.7 Å². The Bertz CT molecular complexity index is 1340. The van der Waals surface area contributed by atoms with Crippen molar-refractivity contribution in [3.63, 3.8) is 0 Å². The molecule has 2 aliphatic rings. The molecule has 8 heteroatoms. The van der Waals surface area contributed by atoms with Gasteiger partial charge in [-0.2, -0.15) is 5.26 Å². The van der Waals surface area contributed by atoms with E-state index in [1.165, 1.54) is 17.3 Å². The van der Waals surface area contributed by atoms with Crippen LogP contribution < -0.4 is 10.5 Å². The number of thiocarbonyl (C=S) groups is 1. The average Bonchev–Trinajstić information content (AvgIpc) is 3.21. The number of amides is 1. The lowest BCUT2D eigenvalue weighted by atomic mass is 9.90. The van der Waals surface area contributed by atoms with E-state index >= 15 is 0 Å². The minimum atomic E-state index is -0.264. The number of piperidine rings is 1. The second-order valence-electron chi connectivity index (χ2n) is 10.4. The van der Waals surface area contributed by atoms with E-state index in [2.05, 4.69) is 42.2 Å². The lowest BCUT2D eigenvalue weighted by Crippen LogP contribution is -2.39. The van der Waals surface area contributed by atoms with Gasteiger partial charge in [0.25, 0.3) is 11.5 Å². The highest BCUT2D eigenvalue weighted by molar-refractivity contribution is 8.26. The van der Waals surface area contributed by atoms with Crippen LogP contribution in [-0.2, 0) is 17.8 Å². The Morgan fingerprint density at radius 3 is 2.46 bits per heavy atom. The second-order valence-corrected chi connectivity index (χ2v) is 12.1. The summed E-state index contributed by atoms with van der Waals surface area (Å²) >= 11 is 6.89. The number of thioether (sulfide) groups is 1. The quantitative estimate of drug-likeness (QED) is 0.193. The smallest absolute Gasteiger partial charge is 0.270 e. The summed E-state index contributed by atoms with van der Waals surface area (Å²) in [6.45, 7) is 8.64. The first kappa shape index (κ1) is 29.1. The summed E-state index contributed by atoms with van der Waals surface area (Å²) < 4.78 is 2.29. The van der Waals surface area contributed by atoms with Gasteiger partial charge in [-0.3, -0.25) is 19.1 Å². The maximum absolute atomic E-state index is 13.4. The van der Waals surface area contributed by atoms with Gasteiger partial charge in [-0.15, -0.1) is 0 Å². The van der Waals surface area contributed by atoms with Gasteiger partial charge >= 0.3 is 0 Å². The molecule has 0 unspecified atom stereocenters. The topological polar surface area (TPSA) is 69.3 Å². The molecule has 1 aromatic carbocycles. The van der Waals surface area contributed by atoms with Gasteiger partial charge < -0.3 is 4.90 Å². The van der Waals surface area contributed by atoms with E-state index in [-0.39, 0.29) is 17.0 Å². The zero-order valence-corrected chi connectivity index (χ0v) is 24.9. The molecule has 1 amide bonds. The van der Waals surface area contributed by atoms with Crippen LogP contribution in [0.25, 0.3) is 6.08 Å². The summed E-state index contributed by atoms with van der Waals surface area (Å²) in [6, 6.07) is 12.7. The fraction of sp³-hybridized carbons (Fsp3) is 0.484. The second kappa shape index (κ2) is 13.5. The Labute approximate surface area is 241 Å². The molecule has 0 bridgehead atoms. The number of pyridine rings is 1. The van der Waals surface area contributed by atoms with Crippen LogP contribution >= 0.6 is 24.0 Å². The fourth-order valence-corrected chi connectivity index (χ4v) is 6.89. The molecule has 2 aromatic rings. The van der Waals surface area contributed by atoms with Crippen molar-refractivity contribution in [1.29, 1.82) is 5.26 Å². The molecule has 2 aliphatic heterocycles. The number of carbonyl (C=O) groups is 1. The van der Waals surface area contributed by atoms with Gasteiger partial charge in [0.05, 0.1) is 4.91 Å². The van der Waals surface area contributed by atoms with Crippen LogP contribution in [0.5, 0.6) is 0 Å². The van der Waals surface area contributed by atoms with Crippen molar-refractivity contribution in [3.05, 3.63) is 67.8 Å². The van der Waals surface area contributed by atoms with E-state index in [9.17, 15) is 14.9 Å². The molecule has 0 aliphatic carbocycles. The summed E-state index contributed by atoms with van der Waals surface area (Å²) in [5, 5.41) is 9.86. The molecule has 4 rings (SSSR count). The molecule has 3 heterocycles. The lowest BCUT2D eigenvalue weighted by Gasteiger charge is -2.36. The number of aromatic nitrogens is 1. The van der Waals surface area contributed by atoms with Crippen LogP contribution in [-0.4, -0.2) is 39.3 Å². The van der Waals surface area contributed by atoms with Crippen LogP contribution in [0.15, 0.2) is 40.0 Å². The Morgan fingerprint density at radius 1 is 1.10 bits per heavy atom. The van der Waals surface area contributed by atoms with Gasteiger partial charge in [-0.1, -0.05) is 80.5 Å². The normalized spacial score (nSPS) is 17.3. The number of hydrogen-bond acceptors (Lipinski definition) is 6. The largest absolute Gasteiger partial charge is 0.357 e. The number of unbranched alkanes of at least 4 members (excludes halogenated alkanes) is 3. The Hall–Kier alpha value is -2.89. The van der Waals surface area contributed by atoms with Crippen molar-refractivity contribution in [2.45, 2.75) is 72.3 Å². The molecule has 6 nitrogen and oxygen atoms in total. The first-order chi connectivity index (χ1) is 18.9. The van der Waals surface area contributed by atoms with Gasteiger partial charge in [0.2, 0.25) is 0 Å². The first-order valence-electron chi connectivity index (χ1n) is 14.1. The number of benzene rings is 1. The molecular formula is C31H38N4O2S2. The van der Waals surface area contributed by atoms with Crippen molar-refractivity contribution >= 4 is 46.1 Å². The number of anilines is 1. The van der Waals surface area contributed by atoms with E-state index in [1.54, 1.807) is 9.47 Å². The highest BCUT2D eigenvalue weighted by atomic mass is 32.2. The predicted molar refractivity (Wildman–Crippen MR) is 165 cm³/mol. The number of carbonyl (C=O) groups excluding carboxylic acids is 1. The van der Waals surface area contributed by atoms with E-state index in [0.29, 0.717) is 33.8 Å². The highest BCUT2D eigenvalue weighted by Gasteiger charge is 2.33. The van der Waals surface area contributed by atoms with Gasteiger partial charge in [0.1, 0.15) is 21.8 Å². The number of hydrogen-bond donors (Lipinski definition) is 0. The average molecular weight is 563 g/mol. The van der Waals surface area contributed by atoms with Crippen LogP contribution in [0.2, 0.25) is 0 Å². The number of rotatable bonds is 10. The third kappa shape index (κ3) is 6.47. The van der Waals surface area contributed by atoms with Crippen LogP contribution in [0, 0.1) is 24.2 Å². The van der Waals surface area contributed by atoms with Crippen molar-refractivity contribution in [3.8, 4) is 6.07 Å². The molecule has 39 heavy (non-hydrogen) atoms. The summed E-state index contributed by atoms with van der Waals surface area (Å²) in [6.07, 6.45) is 9.24. The zero-order valence-electron chi connectivity index (χ0n) is 23.2. The standard InChI is InChI=1S/C31H38N4O2S2/c1-4-6-7-11-16-35-30(37)27(39-31(35)38)20-25-22(3)26(21-32)29(36)34(5-2)28(25)33-17-14-24(15-18-33)19-23-12-9-8-10-13-23/h8-10,12-13,20,24H,4-7,11,14-19H2,1-3H3/b27-20-. The van der Waals surface area contributed by atoms with Crippen molar-refractivity contribution in [2.24, 2.45) is 5.92 Å². The minimum Gasteiger partial charge on any atom is -0.357 e. The number of nitrogens with zero attached hydrogens (tertiary/aromatic N) is 4. The third-order valence-corrected chi connectivity index (χ3v) is 9.21. The Kier molecular flexibility index (Phi) is 10.0. The number of nitriles is 1. The molecule has 206 valence electrons. The SMILES string of the molecule is CCCCCCN1C(=O)/C(=C/c2c(C)c(C#N)c(=O)n(CC)c2N2CCC(Cc3ccccc3)CC2)SC1=S. The molecule has 0 atom stereocenters. The maximum atomic E-state index is 13.4. The monoisotopic (exact) mass is 562 g/mol. The summed E-state index contributed by atoms with van der Waals surface area (Å²) in [5.74, 6) is 1.31. The Balaban J connectivity index is 1.65. The van der Waals surface area contributed by atoms with Gasteiger partial charge in [-0.25, -0.2) is 0 Å². The fourth-order valence-electron chi connectivity index (χ4n) is 5.60. The van der Waals surface area contributed by atoms with Gasteiger partial charge in [0.15, 0.2) is 0 Å². The van der Waals surface area contributed by atoms with E-state index < -0.39 is 0 Å². The van der Waals surface area contributed by atoms with E-state index in [0.717, 1.165) is 69.4 Å². The lowest BCUT2D eigenvalue weighted by molar-refractivity contribution is -0.122. The van der Waals surface area contributed by atoms with E-state index in [4.69, 9.17) is 12.2 Å². The molecule has 2 saturated heterocycles. The van der Waals surface area contributed by atoms with Crippen molar-refractivity contribution in [2.75, 3.05) is 24.5 Å². The molecule has 0 N–H and O–H groups in total. The minimum absolute atomic E-state index is 0.0822. The van der Waals surface area contributed by atoms with E-state index in [1.807, 2.05) is 26.0 Å². The highest BCUT2D eigenvalue weighted by Crippen LogP contribution is 2.37. The molecule has 0 radical (unpaired) electrons. The maximum Gasteiger partial charge on any atom is 0.270 e. The molecule has 2 fully saturated rings. The van der Waals surface area contributed by atoms with Crippen molar-refractivity contribution < 1.29 is 4.79 Å². The summed E-state index contributed by atoms with van der Waals surface area (Å²) in [4.78, 5) is 31.3.